The maximum atomic E-state index is 6.60. The summed E-state index contributed by atoms with van der Waals surface area (Å²) < 4.78 is 9.27. The Morgan fingerprint density at radius 2 is 1.12 bits per heavy atom. The van der Waals surface area contributed by atoms with E-state index < -0.39 is 0 Å². The van der Waals surface area contributed by atoms with Gasteiger partial charge in [0, 0.05) is 47.7 Å². The number of anilines is 3. The predicted molar refractivity (Wildman–Crippen MR) is 225 cm³/mol. The minimum absolute atomic E-state index is 0.457. The van der Waals surface area contributed by atoms with E-state index in [0.717, 1.165) is 39.0 Å². The zero-order valence-corrected chi connectivity index (χ0v) is 29.7. The SMILES string of the molecule is CC(C)c1ccc(N(c2ccc3cc4sc5c(ccc6c7ccccc7c7ccccc7c65)c4cc3c2)c2cccc3c2oc2ccccc23)cc1. The van der Waals surface area contributed by atoms with Crippen LogP contribution in [0.15, 0.2) is 162 Å². The van der Waals surface area contributed by atoms with Crippen LogP contribution in [0.1, 0.15) is 25.3 Å². The summed E-state index contributed by atoms with van der Waals surface area (Å²) in [5.41, 5.74) is 6.34. The summed E-state index contributed by atoms with van der Waals surface area (Å²) in [5.74, 6) is 0.457. The summed E-state index contributed by atoms with van der Waals surface area (Å²) in [6.07, 6.45) is 0. The summed E-state index contributed by atoms with van der Waals surface area (Å²) in [5, 5.41) is 15.2. The van der Waals surface area contributed by atoms with Crippen LogP contribution in [0.3, 0.4) is 0 Å². The molecule has 246 valence electrons. The average Bonchev–Trinajstić information content (AvgIpc) is 3.76. The van der Waals surface area contributed by atoms with Crippen LogP contribution in [0.4, 0.5) is 17.1 Å². The number of thiophene rings is 1. The summed E-state index contributed by atoms with van der Waals surface area (Å²) in [7, 11) is 0. The van der Waals surface area contributed by atoms with Gasteiger partial charge < -0.3 is 9.32 Å². The molecule has 0 saturated carbocycles. The Bertz CT molecular complexity index is 3180. The fourth-order valence-corrected chi connectivity index (χ4v) is 9.73. The molecular weight excluding hydrogens is 651 g/mol. The van der Waals surface area contributed by atoms with Crippen molar-refractivity contribution in [3.8, 4) is 0 Å². The Kier molecular flexibility index (Phi) is 6.35. The molecule has 0 fully saturated rings. The summed E-state index contributed by atoms with van der Waals surface area (Å²) in [6, 6.07) is 57.9. The fourth-order valence-electron chi connectivity index (χ4n) is 8.43. The van der Waals surface area contributed by atoms with Crippen molar-refractivity contribution in [1.82, 2.24) is 0 Å². The van der Waals surface area contributed by atoms with E-state index in [-0.39, 0.29) is 0 Å². The van der Waals surface area contributed by atoms with Crippen molar-refractivity contribution < 1.29 is 4.42 Å². The van der Waals surface area contributed by atoms with E-state index in [1.807, 2.05) is 17.4 Å². The van der Waals surface area contributed by atoms with Crippen molar-refractivity contribution in [2.24, 2.45) is 0 Å². The van der Waals surface area contributed by atoms with Crippen molar-refractivity contribution in [3.05, 3.63) is 163 Å². The second kappa shape index (κ2) is 11.2. The van der Waals surface area contributed by atoms with Gasteiger partial charge in [0.05, 0.1) is 5.69 Å². The maximum absolute atomic E-state index is 6.60. The lowest BCUT2D eigenvalue weighted by molar-refractivity contribution is 0.669. The molecular formula is C49H33NOS. The van der Waals surface area contributed by atoms with Gasteiger partial charge in [-0.1, -0.05) is 123 Å². The molecule has 2 heterocycles. The number of fused-ring (bicyclic) bond motifs is 14. The van der Waals surface area contributed by atoms with Gasteiger partial charge >= 0.3 is 0 Å². The number of benzene rings is 9. The van der Waals surface area contributed by atoms with Crippen LogP contribution in [-0.4, -0.2) is 0 Å². The monoisotopic (exact) mass is 683 g/mol. The number of hydrogen-bond acceptors (Lipinski definition) is 3. The van der Waals surface area contributed by atoms with E-state index in [4.69, 9.17) is 4.42 Å². The molecule has 0 amide bonds. The van der Waals surface area contributed by atoms with Gasteiger partial charge in [-0.15, -0.1) is 11.3 Å². The van der Waals surface area contributed by atoms with Crippen molar-refractivity contribution in [3.63, 3.8) is 0 Å². The predicted octanol–water partition coefficient (Wildman–Crippen LogP) is 15.2. The van der Waals surface area contributed by atoms with Crippen LogP contribution in [0, 0.1) is 0 Å². The van der Waals surface area contributed by atoms with Gasteiger partial charge in [0.2, 0.25) is 0 Å². The highest BCUT2D eigenvalue weighted by molar-refractivity contribution is 7.27. The number of nitrogens with zero attached hydrogens (tertiary/aromatic N) is 1. The molecule has 0 spiro atoms. The maximum Gasteiger partial charge on any atom is 0.159 e. The third-order valence-electron chi connectivity index (χ3n) is 11.0. The van der Waals surface area contributed by atoms with E-state index >= 15 is 0 Å². The molecule has 2 aromatic heterocycles. The smallest absolute Gasteiger partial charge is 0.159 e. The van der Waals surface area contributed by atoms with Crippen molar-refractivity contribution in [2.75, 3.05) is 4.90 Å². The molecule has 11 aromatic rings. The van der Waals surface area contributed by atoms with E-state index in [1.54, 1.807) is 0 Å². The molecule has 0 aliphatic carbocycles. The number of para-hydroxylation sites is 2. The molecule has 0 N–H and O–H groups in total. The Morgan fingerprint density at radius 1 is 0.481 bits per heavy atom. The van der Waals surface area contributed by atoms with Crippen molar-refractivity contribution >= 4 is 114 Å². The highest BCUT2D eigenvalue weighted by Gasteiger charge is 2.21. The highest BCUT2D eigenvalue weighted by Crippen LogP contribution is 2.47. The topological polar surface area (TPSA) is 16.4 Å². The van der Waals surface area contributed by atoms with Gasteiger partial charge in [0.25, 0.3) is 0 Å². The molecule has 0 bridgehead atoms. The number of furan rings is 1. The van der Waals surface area contributed by atoms with E-state index in [2.05, 4.69) is 170 Å². The Morgan fingerprint density at radius 3 is 1.88 bits per heavy atom. The Hall–Kier alpha value is -6.16. The van der Waals surface area contributed by atoms with Gasteiger partial charge in [0.1, 0.15) is 5.58 Å². The number of rotatable bonds is 4. The molecule has 3 heteroatoms. The van der Waals surface area contributed by atoms with Crippen LogP contribution >= 0.6 is 11.3 Å². The second-order valence-electron chi connectivity index (χ2n) is 14.3. The largest absolute Gasteiger partial charge is 0.454 e. The summed E-state index contributed by atoms with van der Waals surface area (Å²) >= 11 is 1.92. The van der Waals surface area contributed by atoms with Crippen LogP contribution < -0.4 is 4.90 Å². The molecule has 9 aromatic carbocycles. The van der Waals surface area contributed by atoms with Crippen LogP contribution in [-0.2, 0) is 0 Å². The fraction of sp³-hybridized carbons (Fsp3) is 0.0612. The molecule has 0 atom stereocenters. The molecule has 11 rings (SSSR count). The van der Waals surface area contributed by atoms with Gasteiger partial charge in [-0.25, -0.2) is 0 Å². The van der Waals surface area contributed by atoms with Crippen LogP contribution in [0.2, 0.25) is 0 Å². The first-order chi connectivity index (χ1) is 25.6. The third kappa shape index (κ3) is 4.30. The first kappa shape index (κ1) is 29.6. The molecule has 52 heavy (non-hydrogen) atoms. The molecule has 0 radical (unpaired) electrons. The quantitative estimate of drug-likeness (QED) is 0.172. The van der Waals surface area contributed by atoms with E-state index in [1.165, 1.54) is 68.8 Å². The highest BCUT2D eigenvalue weighted by atomic mass is 32.1. The van der Waals surface area contributed by atoms with Crippen LogP contribution in [0.25, 0.3) is 85.2 Å². The first-order valence-corrected chi connectivity index (χ1v) is 18.8. The first-order valence-electron chi connectivity index (χ1n) is 18.0. The number of hydrogen-bond donors (Lipinski definition) is 0. The zero-order chi connectivity index (χ0) is 34.5. The van der Waals surface area contributed by atoms with E-state index in [0.29, 0.717) is 5.92 Å². The lowest BCUT2D eigenvalue weighted by Crippen LogP contribution is -2.10. The van der Waals surface area contributed by atoms with Gasteiger partial charge in [-0.3, -0.25) is 0 Å². The molecule has 2 nitrogen and oxygen atoms in total. The lowest BCUT2D eigenvalue weighted by atomic mass is 9.93. The van der Waals surface area contributed by atoms with Crippen molar-refractivity contribution in [1.29, 1.82) is 0 Å². The van der Waals surface area contributed by atoms with Crippen LogP contribution in [0.5, 0.6) is 0 Å². The van der Waals surface area contributed by atoms with Gasteiger partial charge in [-0.2, -0.15) is 0 Å². The normalized spacial score (nSPS) is 12.2. The standard InChI is InChI=1S/C49H33NOS/c1-29(2)30-18-21-33(22-19-30)50(44-16-9-15-41-38-13-7-8-17-45(38)51-48(41)44)34-23-20-31-28-46-43(27-32(31)26-34)42-25-24-40-37-12-4-3-10-35(37)36-11-5-6-14-39(36)47(40)49(42)52-46/h3-29H,1-2H3. The summed E-state index contributed by atoms with van der Waals surface area (Å²) in [4.78, 5) is 2.36. The van der Waals surface area contributed by atoms with Gasteiger partial charge in [0.15, 0.2) is 5.58 Å². The third-order valence-corrected chi connectivity index (χ3v) is 12.2. The van der Waals surface area contributed by atoms with E-state index in [9.17, 15) is 0 Å². The Balaban J connectivity index is 1.15. The van der Waals surface area contributed by atoms with Gasteiger partial charge in [-0.05, 0) is 97.7 Å². The molecule has 0 unspecified atom stereocenters. The minimum Gasteiger partial charge on any atom is -0.454 e. The lowest BCUT2D eigenvalue weighted by Gasteiger charge is -2.26. The molecule has 0 aliphatic rings. The summed E-state index contributed by atoms with van der Waals surface area (Å²) in [6.45, 7) is 4.49. The average molecular weight is 684 g/mol. The Labute approximate surface area is 304 Å². The zero-order valence-electron chi connectivity index (χ0n) is 28.9. The second-order valence-corrected chi connectivity index (χ2v) is 15.3. The minimum atomic E-state index is 0.457. The van der Waals surface area contributed by atoms with Crippen molar-refractivity contribution in [2.45, 2.75) is 19.8 Å². The molecule has 0 aliphatic heterocycles. The molecule has 0 saturated heterocycles.